The van der Waals surface area contributed by atoms with Crippen molar-refractivity contribution in [3.8, 4) is 5.75 Å². The third kappa shape index (κ3) is 5.24. The molecule has 0 fully saturated rings. The molecule has 1 amide bonds. The van der Waals surface area contributed by atoms with Crippen LogP contribution in [0.2, 0.25) is 0 Å². The molecule has 0 atom stereocenters. The van der Waals surface area contributed by atoms with Crippen LogP contribution in [0.5, 0.6) is 5.75 Å². The molecule has 0 aromatic heterocycles. The van der Waals surface area contributed by atoms with Gasteiger partial charge < -0.3 is 14.8 Å². The Balaban J connectivity index is 2.00. The maximum Gasteiger partial charge on any atom is 0.338 e. The van der Waals surface area contributed by atoms with Crippen molar-refractivity contribution in [3.05, 3.63) is 63.5 Å². The quantitative estimate of drug-likeness (QED) is 0.451. The molecule has 27 heavy (non-hydrogen) atoms. The fourth-order valence-electron chi connectivity index (χ4n) is 2.15. The smallest absolute Gasteiger partial charge is 0.338 e. The first-order chi connectivity index (χ1) is 12.8. The molecule has 8 nitrogen and oxygen atoms in total. The normalized spacial score (nSPS) is 10.2. The molecule has 2 rings (SSSR count). The lowest BCUT2D eigenvalue weighted by Crippen LogP contribution is -2.21. The van der Waals surface area contributed by atoms with Gasteiger partial charge in [0.1, 0.15) is 5.82 Å². The van der Waals surface area contributed by atoms with Crippen LogP contribution in [0.4, 0.5) is 15.8 Å². The summed E-state index contributed by atoms with van der Waals surface area (Å²) in [5.41, 5.74) is 0.164. The van der Waals surface area contributed by atoms with Crippen molar-refractivity contribution in [2.45, 2.75) is 13.8 Å². The third-order valence-electron chi connectivity index (χ3n) is 3.48. The van der Waals surface area contributed by atoms with Crippen LogP contribution in [0.15, 0.2) is 36.4 Å². The Labute approximate surface area is 154 Å². The van der Waals surface area contributed by atoms with E-state index in [4.69, 9.17) is 9.47 Å². The molecule has 0 spiro atoms. The van der Waals surface area contributed by atoms with E-state index in [1.54, 1.807) is 13.8 Å². The van der Waals surface area contributed by atoms with E-state index in [0.717, 1.165) is 12.1 Å². The first-order valence-electron chi connectivity index (χ1n) is 7.96. The van der Waals surface area contributed by atoms with Crippen molar-refractivity contribution in [2.24, 2.45) is 0 Å². The van der Waals surface area contributed by atoms with Crippen LogP contribution in [0, 0.1) is 22.9 Å². The topological polar surface area (TPSA) is 108 Å². The van der Waals surface area contributed by atoms with Gasteiger partial charge >= 0.3 is 11.7 Å². The number of carbonyl (C=O) groups excluding carboxylic acids is 2. The summed E-state index contributed by atoms with van der Waals surface area (Å²) in [6, 6.07) is 7.75. The second-order valence-electron chi connectivity index (χ2n) is 5.46. The number of nitro groups is 1. The van der Waals surface area contributed by atoms with Crippen molar-refractivity contribution >= 4 is 23.3 Å². The Kier molecular flexibility index (Phi) is 6.42. The number of anilines is 1. The molecular formula is C18H17FN2O6. The van der Waals surface area contributed by atoms with Crippen LogP contribution in [-0.4, -0.2) is 30.0 Å². The van der Waals surface area contributed by atoms with Gasteiger partial charge in [-0.2, -0.15) is 0 Å². The van der Waals surface area contributed by atoms with E-state index in [1.807, 2.05) is 0 Å². The zero-order chi connectivity index (χ0) is 20.0. The molecule has 2 aromatic rings. The number of aryl methyl sites for hydroxylation is 1. The highest BCUT2D eigenvalue weighted by Gasteiger charge is 2.20. The van der Waals surface area contributed by atoms with Gasteiger partial charge in [0.25, 0.3) is 5.91 Å². The summed E-state index contributed by atoms with van der Waals surface area (Å²) in [6.07, 6.45) is 0. The third-order valence-corrected chi connectivity index (χ3v) is 3.48. The van der Waals surface area contributed by atoms with E-state index in [1.165, 1.54) is 24.3 Å². The van der Waals surface area contributed by atoms with Crippen molar-refractivity contribution in [1.82, 2.24) is 0 Å². The van der Waals surface area contributed by atoms with Gasteiger partial charge in [-0.1, -0.05) is 6.07 Å². The van der Waals surface area contributed by atoms with Gasteiger partial charge in [-0.25, -0.2) is 9.18 Å². The van der Waals surface area contributed by atoms with Crippen LogP contribution >= 0.6 is 0 Å². The molecule has 0 heterocycles. The average molecular weight is 376 g/mol. The Hall–Kier alpha value is -3.49. The minimum atomic E-state index is -0.911. The predicted molar refractivity (Wildman–Crippen MR) is 94.3 cm³/mol. The van der Waals surface area contributed by atoms with E-state index in [-0.39, 0.29) is 29.3 Å². The number of carbonyl (C=O) groups is 2. The van der Waals surface area contributed by atoms with E-state index in [2.05, 4.69) is 5.32 Å². The summed E-state index contributed by atoms with van der Waals surface area (Å²) in [5, 5.41) is 13.5. The minimum absolute atomic E-state index is 0.0261. The van der Waals surface area contributed by atoms with Crippen molar-refractivity contribution in [3.63, 3.8) is 0 Å². The Bertz CT molecular complexity index is 884. The molecule has 142 valence electrons. The second-order valence-corrected chi connectivity index (χ2v) is 5.46. The van der Waals surface area contributed by atoms with Crippen LogP contribution in [0.3, 0.4) is 0 Å². The number of nitrogens with one attached hydrogen (secondary N) is 1. The number of hydrogen-bond acceptors (Lipinski definition) is 6. The van der Waals surface area contributed by atoms with Crippen molar-refractivity contribution < 1.29 is 28.4 Å². The lowest BCUT2D eigenvalue weighted by molar-refractivity contribution is -0.385. The van der Waals surface area contributed by atoms with Gasteiger partial charge in [-0.3, -0.25) is 14.9 Å². The molecule has 1 N–H and O–H groups in total. The summed E-state index contributed by atoms with van der Waals surface area (Å²) in [7, 11) is 0. The number of rotatable bonds is 7. The van der Waals surface area contributed by atoms with Crippen LogP contribution < -0.4 is 10.1 Å². The molecule has 0 radical (unpaired) electrons. The summed E-state index contributed by atoms with van der Waals surface area (Å²) < 4.78 is 23.4. The number of halogens is 1. The SMILES string of the molecule is CCOc1ccc(C(=O)OCC(=O)Nc2ccc(C)c(F)c2)cc1[N+](=O)[O-]. The monoisotopic (exact) mass is 376 g/mol. The lowest BCUT2D eigenvalue weighted by atomic mass is 10.2. The fourth-order valence-corrected chi connectivity index (χ4v) is 2.15. The highest BCUT2D eigenvalue weighted by atomic mass is 19.1. The van der Waals surface area contributed by atoms with Gasteiger partial charge in [0, 0.05) is 11.8 Å². The standard InChI is InChI=1S/C18H17FN2O6/c1-3-26-16-7-5-12(8-15(16)21(24)25)18(23)27-10-17(22)20-13-6-4-11(2)14(19)9-13/h4-9H,3,10H2,1-2H3,(H,20,22). The van der Waals surface area contributed by atoms with Gasteiger partial charge in [-0.15, -0.1) is 0 Å². The minimum Gasteiger partial charge on any atom is -0.487 e. The van der Waals surface area contributed by atoms with Gasteiger partial charge in [0.15, 0.2) is 12.4 Å². The lowest BCUT2D eigenvalue weighted by Gasteiger charge is -2.08. The van der Waals surface area contributed by atoms with Crippen molar-refractivity contribution in [2.75, 3.05) is 18.5 Å². The molecule has 0 bridgehead atoms. The first kappa shape index (κ1) is 19.8. The number of benzene rings is 2. The Morgan fingerprint density at radius 2 is 1.96 bits per heavy atom. The maximum atomic E-state index is 13.5. The molecule has 0 aliphatic carbocycles. The number of nitrogens with zero attached hydrogens (tertiary/aromatic N) is 1. The summed E-state index contributed by atoms with van der Waals surface area (Å²) in [4.78, 5) is 34.2. The summed E-state index contributed by atoms with van der Waals surface area (Å²) >= 11 is 0. The Morgan fingerprint density at radius 3 is 2.59 bits per heavy atom. The van der Waals surface area contributed by atoms with E-state index in [9.17, 15) is 24.1 Å². The molecule has 2 aromatic carbocycles. The zero-order valence-corrected chi connectivity index (χ0v) is 14.7. The second kappa shape index (κ2) is 8.75. The molecule has 9 heteroatoms. The van der Waals surface area contributed by atoms with E-state index < -0.39 is 29.2 Å². The van der Waals surface area contributed by atoms with E-state index >= 15 is 0 Å². The Morgan fingerprint density at radius 1 is 1.22 bits per heavy atom. The predicted octanol–water partition coefficient (Wildman–Crippen LogP) is 3.24. The van der Waals surface area contributed by atoms with Gasteiger partial charge in [0.05, 0.1) is 17.1 Å². The van der Waals surface area contributed by atoms with E-state index in [0.29, 0.717) is 5.56 Å². The fraction of sp³-hybridized carbons (Fsp3) is 0.222. The number of amides is 1. The number of nitro benzene ring substituents is 1. The highest BCUT2D eigenvalue weighted by molar-refractivity contribution is 5.95. The summed E-state index contributed by atoms with van der Waals surface area (Å²) in [5.74, 6) is -2.04. The molecular weight excluding hydrogens is 359 g/mol. The number of esters is 1. The average Bonchev–Trinajstić information content (AvgIpc) is 2.63. The summed E-state index contributed by atoms with van der Waals surface area (Å²) in [6.45, 7) is 2.85. The van der Waals surface area contributed by atoms with Gasteiger partial charge in [-0.05, 0) is 43.7 Å². The van der Waals surface area contributed by atoms with Gasteiger partial charge in [0.2, 0.25) is 0 Å². The molecule has 0 saturated carbocycles. The van der Waals surface area contributed by atoms with Crippen LogP contribution in [0.25, 0.3) is 0 Å². The number of ether oxygens (including phenoxy) is 2. The van der Waals surface area contributed by atoms with Crippen LogP contribution in [-0.2, 0) is 9.53 Å². The zero-order valence-electron chi connectivity index (χ0n) is 14.7. The van der Waals surface area contributed by atoms with Crippen molar-refractivity contribution in [1.29, 1.82) is 0 Å². The maximum absolute atomic E-state index is 13.5. The van der Waals surface area contributed by atoms with Crippen LogP contribution in [0.1, 0.15) is 22.8 Å². The number of hydrogen-bond donors (Lipinski definition) is 1. The molecule has 0 aliphatic heterocycles. The molecule has 0 aliphatic rings. The molecule has 0 unspecified atom stereocenters. The first-order valence-corrected chi connectivity index (χ1v) is 7.96. The highest BCUT2D eigenvalue weighted by Crippen LogP contribution is 2.28. The molecule has 0 saturated heterocycles. The largest absolute Gasteiger partial charge is 0.487 e.